The van der Waals surface area contributed by atoms with Crippen molar-refractivity contribution in [1.29, 1.82) is 0 Å². The van der Waals surface area contributed by atoms with Crippen LogP contribution in [0.2, 0.25) is 0 Å². The van der Waals surface area contributed by atoms with Crippen molar-refractivity contribution in [3.8, 4) is 22.3 Å². The van der Waals surface area contributed by atoms with E-state index in [-0.39, 0.29) is 4.74 Å². The summed E-state index contributed by atoms with van der Waals surface area (Å²) in [6.45, 7) is 0. The third-order valence-electron chi connectivity index (χ3n) is 8.45. The van der Waals surface area contributed by atoms with E-state index in [4.69, 9.17) is 4.98 Å². The number of para-hydroxylation sites is 1. The van der Waals surface area contributed by atoms with Gasteiger partial charge in [0.25, 0.3) is 0 Å². The zero-order valence-electron chi connectivity index (χ0n) is 22.4. The molecular formula is C38H22N2OS. The first-order valence-electron chi connectivity index (χ1n) is 14.0. The van der Waals surface area contributed by atoms with Gasteiger partial charge in [0, 0.05) is 0 Å². The van der Waals surface area contributed by atoms with Crippen LogP contribution < -0.4 is 4.74 Å². The summed E-state index contributed by atoms with van der Waals surface area (Å²) in [5, 5.41) is 8.39. The molecule has 9 aromatic rings. The Bertz CT molecular complexity index is 2580. The highest BCUT2D eigenvalue weighted by Gasteiger charge is 2.13. The lowest BCUT2D eigenvalue weighted by molar-refractivity contribution is 1.33. The molecule has 9 rings (SSSR count). The molecule has 196 valence electrons. The number of hydrogen-bond donors (Lipinski definition) is 0. The Morgan fingerprint density at radius 1 is 0.452 bits per heavy atom. The van der Waals surface area contributed by atoms with Crippen LogP contribution in [0.3, 0.4) is 0 Å². The third kappa shape index (κ3) is 3.39. The first-order chi connectivity index (χ1) is 20.7. The topological polar surface area (TPSA) is 34.4 Å². The van der Waals surface area contributed by atoms with E-state index in [1.807, 2.05) is 24.3 Å². The largest absolute Gasteiger partial charge is 0.283 e. The first-order valence-corrected chi connectivity index (χ1v) is 14.8. The zero-order valence-corrected chi connectivity index (χ0v) is 23.2. The number of fused-ring (bicyclic) bond motifs is 11. The normalized spacial score (nSPS) is 11.9. The molecule has 0 spiro atoms. The lowest BCUT2D eigenvalue weighted by atomic mass is 9.91. The van der Waals surface area contributed by atoms with Crippen molar-refractivity contribution >= 4 is 70.6 Å². The summed E-state index contributed by atoms with van der Waals surface area (Å²) in [6.07, 6.45) is 0. The number of aromatic nitrogens is 2. The summed E-state index contributed by atoms with van der Waals surface area (Å²) >= 11 is 1.20. The molecule has 0 aliphatic rings. The molecule has 3 nitrogen and oxygen atoms in total. The summed E-state index contributed by atoms with van der Waals surface area (Å²) < 4.78 is 2.15. The minimum atomic E-state index is 0.0393. The second-order valence-corrected chi connectivity index (χ2v) is 11.7. The molecule has 0 unspecified atom stereocenters. The van der Waals surface area contributed by atoms with Crippen molar-refractivity contribution in [2.45, 2.75) is 0 Å². The summed E-state index contributed by atoms with van der Waals surface area (Å²) in [7, 11) is 0. The van der Waals surface area contributed by atoms with Gasteiger partial charge in [0.1, 0.15) is 0 Å². The SMILES string of the molecule is O=c1sc2nc3ccc(-c4cccc(-c5ccc6c7ccccc7c7ccccc7c6c5)c4)cc3n2c2ccccc12. The average Bonchev–Trinajstić information content (AvgIpc) is 3.42. The van der Waals surface area contributed by atoms with Crippen LogP contribution in [-0.2, 0) is 0 Å². The second-order valence-electron chi connectivity index (χ2n) is 10.8. The number of nitrogens with zero attached hydrogens (tertiary/aromatic N) is 2. The van der Waals surface area contributed by atoms with E-state index in [9.17, 15) is 4.79 Å². The molecule has 0 saturated heterocycles. The van der Waals surface area contributed by atoms with Gasteiger partial charge in [0.15, 0.2) is 4.96 Å². The van der Waals surface area contributed by atoms with Gasteiger partial charge in [-0.15, -0.1) is 0 Å². The van der Waals surface area contributed by atoms with Crippen molar-refractivity contribution in [3.63, 3.8) is 0 Å². The van der Waals surface area contributed by atoms with E-state index in [1.165, 1.54) is 54.8 Å². The first kappa shape index (κ1) is 23.4. The fourth-order valence-corrected chi connectivity index (χ4v) is 7.36. The van der Waals surface area contributed by atoms with Gasteiger partial charge in [-0.2, -0.15) is 0 Å². The Morgan fingerprint density at radius 2 is 1.00 bits per heavy atom. The van der Waals surface area contributed by atoms with Gasteiger partial charge >= 0.3 is 0 Å². The van der Waals surface area contributed by atoms with Gasteiger partial charge in [0.05, 0.1) is 21.9 Å². The maximum Gasteiger partial charge on any atom is 0.245 e. The van der Waals surface area contributed by atoms with E-state index >= 15 is 0 Å². The predicted molar refractivity (Wildman–Crippen MR) is 178 cm³/mol. The lowest BCUT2D eigenvalue weighted by Crippen LogP contribution is -1.99. The van der Waals surface area contributed by atoms with Crippen LogP contribution in [-0.4, -0.2) is 9.38 Å². The monoisotopic (exact) mass is 554 g/mol. The summed E-state index contributed by atoms with van der Waals surface area (Å²) in [4.78, 5) is 18.2. The molecule has 0 fully saturated rings. The lowest BCUT2D eigenvalue weighted by Gasteiger charge is -2.12. The molecule has 0 amide bonds. The molecule has 0 radical (unpaired) electrons. The van der Waals surface area contributed by atoms with Crippen LogP contribution in [0.5, 0.6) is 0 Å². The van der Waals surface area contributed by atoms with Crippen LogP contribution >= 0.6 is 11.3 Å². The molecule has 2 heterocycles. The molecule has 0 aliphatic carbocycles. The Hall–Kier alpha value is -5.32. The van der Waals surface area contributed by atoms with Gasteiger partial charge in [0.2, 0.25) is 4.74 Å². The van der Waals surface area contributed by atoms with E-state index in [0.717, 1.165) is 38.0 Å². The number of rotatable bonds is 2. The van der Waals surface area contributed by atoms with E-state index < -0.39 is 0 Å². The minimum absolute atomic E-state index is 0.0393. The van der Waals surface area contributed by atoms with Crippen LogP contribution in [0.15, 0.2) is 138 Å². The third-order valence-corrected chi connectivity index (χ3v) is 9.31. The second kappa shape index (κ2) is 8.84. The minimum Gasteiger partial charge on any atom is -0.283 e. The van der Waals surface area contributed by atoms with Crippen LogP contribution in [0, 0.1) is 0 Å². The number of imidazole rings is 1. The quantitative estimate of drug-likeness (QED) is 0.199. The highest BCUT2D eigenvalue weighted by Crippen LogP contribution is 2.38. The molecule has 0 atom stereocenters. The maximum absolute atomic E-state index is 12.7. The van der Waals surface area contributed by atoms with Crippen LogP contribution in [0.25, 0.3) is 81.5 Å². The van der Waals surface area contributed by atoms with Crippen molar-refractivity contribution in [2.24, 2.45) is 0 Å². The molecule has 7 aromatic carbocycles. The van der Waals surface area contributed by atoms with Crippen molar-refractivity contribution in [1.82, 2.24) is 9.38 Å². The van der Waals surface area contributed by atoms with Gasteiger partial charge < -0.3 is 0 Å². The molecule has 0 saturated carbocycles. The maximum atomic E-state index is 12.7. The summed E-state index contributed by atoms with van der Waals surface area (Å²) in [5.74, 6) is 0. The van der Waals surface area contributed by atoms with Crippen LogP contribution in [0.4, 0.5) is 0 Å². The highest BCUT2D eigenvalue weighted by atomic mass is 32.1. The Morgan fingerprint density at radius 3 is 1.71 bits per heavy atom. The Kier molecular flexibility index (Phi) is 4.92. The fraction of sp³-hybridized carbons (Fsp3) is 0. The van der Waals surface area contributed by atoms with Crippen molar-refractivity contribution in [3.05, 3.63) is 143 Å². The smallest absolute Gasteiger partial charge is 0.245 e. The van der Waals surface area contributed by atoms with Gasteiger partial charge in [-0.3, -0.25) is 9.20 Å². The molecule has 0 aliphatic heterocycles. The van der Waals surface area contributed by atoms with Gasteiger partial charge in [-0.05, 0) is 91.0 Å². The van der Waals surface area contributed by atoms with Gasteiger partial charge in [-0.1, -0.05) is 108 Å². The van der Waals surface area contributed by atoms with Crippen molar-refractivity contribution in [2.75, 3.05) is 0 Å². The summed E-state index contributed by atoms with van der Waals surface area (Å²) in [5.41, 5.74) is 7.40. The van der Waals surface area contributed by atoms with Crippen LogP contribution in [0.1, 0.15) is 0 Å². The molecule has 2 aromatic heterocycles. The summed E-state index contributed by atoms with van der Waals surface area (Å²) in [6, 6.07) is 47.1. The molecule has 42 heavy (non-hydrogen) atoms. The number of hydrogen-bond acceptors (Lipinski definition) is 3. The Labute approximate surface area is 244 Å². The molecule has 4 heteroatoms. The van der Waals surface area contributed by atoms with E-state index in [0.29, 0.717) is 0 Å². The Balaban J connectivity index is 1.23. The van der Waals surface area contributed by atoms with Gasteiger partial charge in [-0.25, -0.2) is 4.98 Å². The standard InChI is InChI=1S/C38H22N2OS/c41-37-32-14-5-6-15-35(32)40-36-22-26(17-19-34(36)39-38(40)42-37)24-9-7-8-23(20-24)25-16-18-31-29-12-2-1-10-27(29)28-11-3-4-13-30(28)33(31)21-25/h1-22H. The average molecular weight is 555 g/mol. The fourth-order valence-electron chi connectivity index (χ4n) is 6.48. The molecule has 0 bridgehead atoms. The van der Waals surface area contributed by atoms with Crippen molar-refractivity contribution < 1.29 is 0 Å². The molecular weight excluding hydrogens is 532 g/mol. The number of benzene rings is 7. The predicted octanol–water partition coefficient (Wildman–Crippen LogP) is 9.86. The van der Waals surface area contributed by atoms with E-state index in [1.54, 1.807) is 0 Å². The zero-order chi connectivity index (χ0) is 27.8. The van der Waals surface area contributed by atoms with E-state index in [2.05, 4.69) is 114 Å². The highest BCUT2D eigenvalue weighted by molar-refractivity contribution is 7.15. The molecule has 0 N–H and O–H groups in total.